The zero-order valence-corrected chi connectivity index (χ0v) is 17.2. The van der Waals surface area contributed by atoms with Crippen LogP contribution >= 0.6 is 7.75 Å². The van der Waals surface area contributed by atoms with Crippen molar-refractivity contribution in [3.8, 4) is 11.5 Å². The van der Waals surface area contributed by atoms with Crippen LogP contribution in [0, 0.1) is 5.92 Å². The molecule has 0 amide bonds. The number of ether oxygens (including phenoxy) is 1. The van der Waals surface area contributed by atoms with E-state index < -0.39 is 13.3 Å². The predicted molar refractivity (Wildman–Crippen MR) is 108 cm³/mol. The first-order valence-corrected chi connectivity index (χ1v) is 11.0. The molecule has 0 aromatic heterocycles. The number of methoxy groups -OCH3 is 1. The molecule has 0 aliphatic heterocycles. The number of rotatable bonds is 7. The van der Waals surface area contributed by atoms with E-state index in [1.54, 1.807) is 38.4 Å². The van der Waals surface area contributed by atoms with Gasteiger partial charge >= 0.3 is 7.75 Å². The molecule has 3 unspecified atom stereocenters. The summed E-state index contributed by atoms with van der Waals surface area (Å²) in [6.07, 6.45) is 3.25. The summed E-state index contributed by atoms with van der Waals surface area (Å²) in [7, 11) is -0.883. The third kappa shape index (κ3) is 4.58. The number of aliphatic hydroxyl groups is 1. The minimum absolute atomic E-state index is 0.196. The molecule has 7 heteroatoms. The third-order valence-corrected chi connectivity index (χ3v) is 6.96. The topological polar surface area (TPSA) is 79.2 Å². The van der Waals surface area contributed by atoms with E-state index in [0.29, 0.717) is 17.9 Å². The number of para-hydroxylation sites is 1. The lowest BCUT2D eigenvalue weighted by Gasteiger charge is -2.42. The Kier molecular flexibility index (Phi) is 6.46. The van der Waals surface area contributed by atoms with Crippen molar-refractivity contribution >= 4 is 7.75 Å². The first-order chi connectivity index (χ1) is 13.3. The molecule has 1 saturated carbocycles. The fourth-order valence-electron chi connectivity index (χ4n) is 3.85. The van der Waals surface area contributed by atoms with E-state index in [9.17, 15) is 14.6 Å². The standard InChI is InChI=1S/C21H28NO5P/c1-22(28(24,25)27-19-11-4-3-5-12-19)16-18-9-6-7-14-21(18,23)17-10-8-13-20(15-17)26-2/h3-5,8,10-13,15,18,23H,6-7,9,14,16H2,1-2H3,(H,24,25). The molecule has 6 nitrogen and oxygen atoms in total. The van der Waals surface area contributed by atoms with E-state index in [0.717, 1.165) is 24.8 Å². The van der Waals surface area contributed by atoms with Gasteiger partial charge in [0.1, 0.15) is 11.5 Å². The van der Waals surface area contributed by atoms with Crippen molar-refractivity contribution in [3.05, 3.63) is 60.2 Å². The van der Waals surface area contributed by atoms with Crippen LogP contribution in [0.1, 0.15) is 31.2 Å². The number of nitrogens with zero attached hydrogens (tertiary/aromatic N) is 1. The first kappa shape index (κ1) is 20.9. The minimum Gasteiger partial charge on any atom is -0.497 e. The molecule has 0 bridgehead atoms. The summed E-state index contributed by atoms with van der Waals surface area (Å²) in [6, 6.07) is 16.0. The zero-order chi connectivity index (χ0) is 20.2. The maximum absolute atomic E-state index is 12.8. The Morgan fingerprint density at radius 1 is 1.14 bits per heavy atom. The second-order valence-electron chi connectivity index (χ2n) is 7.33. The predicted octanol–water partition coefficient (Wildman–Crippen LogP) is 4.18. The maximum Gasteiger partial charge on any atom is 0.458 e. The Bertz CT molecular complexity index is 831. The van der Waals surface area contributed by atoms with E-state index in [1.807, 2.05) is 30.3 Å². The average molecular weight is 405 g/mol. The lowest BCUT2D eigenvalue weighted by Crippen LogP contribution is -2.43. The summed E-state index contributed by atoms with van der Waals surface area (Å²) in [5.74, 6) is 0.828. The van der Waals surface area contributed by atoms with Gasteiger partial charge in [-0.2, -0.15) is 0 Å². The summed E-state index contributed by atoms with van der Waals surface area (Å²) < 4.78 is 24.7. The molecule has 1 aliphatic carbocycles. The highest BCUT2D eigenvalue weighted by molar-refractivity contribution is 7.50. The van der Waals surface area contributed by atoms with Crippen LogP contribution in [-0.4, -0.2) is 35.4 Å². The Hall–Kier alpha value is -1.85. The molecule has 2 aromatic rings. The van der Waals surface area contributed by atoms with Gasteiger partial charge in [-0.15, -0.1) is 0 Å². The molecule has 2 aromatic carbocycles. The lowest BCUT2D eigenvalue weighted by molar-refractivity contribution is -0.0595. The molecule has 1 fully saturated rings. The Morgan fingerprint density at radius 3 is 2.57 bits per heavy atom. The summed E-state index contributed by atoms with van der Waals surface area (Å²) in [5, 5.41) is 11.5. The van der Waals surface area contributed by atoms with Crippen molar-refractivity contribution in [2.75, 3.05) is 20.7 Å². The van der Waals surface area contributed by atoms with Crippen molar-refractivity contribution < 1.29 is 23.8 Å². The summed E-state index contributed by atoms with van der Waals surface area (Å²) >= 11 is 0. The molecule has 0 saturated heterocycles. The fraction of sp³-hybridized carbons (Fsp3) is 0.429. The van der Waals surface area contributed by atoms with Crippen LogP contribution in [0.2, 0.25) is 0 Å². The van der Waals surface area contributed by atoms with Crippen molar-refractivity contribution in [1.82, 2.24) is 4.67 Å². The van der Waals surface area contributed by atoms with Crippen molar-refractivity contribution in [1.29, 1.82) is 0 Å². The van der Waals surface area contributed by atoms with Crippen LogP contribution in [0.5, 0.6) is 11.5 Å². The number of hydrogen-bond acceptors (Lipinski definition) is 4. The van der Waals surface area contributed by atoms with E-state index in [4.69, 9.17) is 9.26 Å². The SMILES string of the molecule is COc1cccc(C2(O)CCCCC2CN(C)P(=O)(O)Oc2ccccc2)c1. The highest BCUT2D eigenvalue weighted by Gasteiger charge is 2.43. The third-order valence-electron chi connectivity index (χ3n) is 5.49. The lowest BCUT2D eigenvalue weighted by atomic mass is 9.71. The normalized spacial score (nSPS) is 24.5. The highest BCUT2D eigenvalue weighted by Crippen LogP contribution is 2.49. The molecule has 152 valence electrons. The smallest absolute Gasteiger partial charge is 0.458 e. The van der Waals surface area contributed by atoms with E-state index in [-0.39, 0.29) is 12.5 Å². The van der Waals surface area contributed by atoms with Crippen molar-refractivity contribution in [2.45, 2.75) is 31.3 Å². The number of hydrogen-bond donors (Lipinski definition) is 2. The average Bonchev–Trinajstić information content (AvgIpc) is 2.70. The molecule has 0 radical (unpaired) electrons. The maximum atomic E-state index is 12.8. The van der Waals surface area contributed by atoms with E-state index in [1.165, 1.54) is 4.67 Å². The molecular formula is C21H28NO5P. The summed E-state index contributed by atoms with van der Waals surface area (Å²) in [5.41, 5.74) is -0.296. The molecule has 3 rings (SSSR count). The van der Waals surface area contributed by atoms with Gasteiger partial charge in [0, 0.05) is 12.5 Å². The summed E-state index contributed by atoms with van der Waals surface area (Å²) in [6.45, 7) is 0.244. The van der Waals surface area contributed by atoms with Gasteiger partial charge in [-0.3, -0.25) is 0 Å². The Labute approximate surface area is 166 Å². The molecule has 28 heavy (non-hydrogen) atoms. The second-order valence-corrected chi connectivity index (χ2v) is 9.18. The van der Waals surface area contributed by atoms with E-state index >= 15 is 0 Å². The second kappa shape index (κ2) is 8.66. The molecule has 3 atom stereocenters. The molecule has 0 heterocycles. The largest absolute Gasteiger partial charge is 0.497 e. The van der Waals surface area contributed by atoms with Gasteiger partial charge in [-0.05, 0) is 49.7 Å². The van der Waals surface area contributed by atoms with Crippen LogP contribution in [0.3, 0.4) is 0 Å². The highest BCUT2D eigenvalue weighted by atomic mass is 31.2. The van der Waals surface area contributed by atoms with E-state index in [2.05, 4.69) is 0 Å². The van der Waals surface area contributed by atoms with Crippen LogP contribution in [-0.2, 0) is 10.2 Å². The van der Waals surface area contributed by atoms with Crippen molar-refractivity contribution in [3.63, 3.8) is 0 Å². The Morgan fingerprint density at radius 2 is 1.86 bits per heavy atom. The fourth-order valence-corrected chi connectivity index (χ4v) is 4.79. The van der Waals surface area contributed by atoms with Crippen LogP contribution < -0.4 is 9.26 Å². The zero-order valence-electron chi connectivity index (χ0n) is 16.3. The molecule has 0 spiro atoms. The van der Waals surface area contributed by atoms with Gasteiger partial charge in [0.2, 0.25) is 0 Å². The summed E-state index contributed by atoms with van der Waals surface area (Å²) in [4.78, 5) is 10.4. The van der Waals surface area contributed by atoms with Crippen LogP contribution in [0.15, 0.2) is 54.6 Å². The first-order valence-electron chi connectivity index (χ1n) is 9.51. The van der Waals surface area contributed by atoms with Gasteiger partial charge in [-0.1, -0.05) is 43.2 Å². The molecule has 1 aliphatic rings. The minimum atomic E-state index is -4.04. The Balaban J connectivity index is 1.79. The monoisotopic (exact) mass is 405 g/mol. The van der Waals surface area contributed by atoms with Crippen molar-refractivity contribution in [2.24, 2.45) is 5.92 Å². The van der Waals surface area contributed by atoms with Gasteiger partial charge in [-0.25, -0.2) is 9.24 Å². The van der Waals surface area contributed by atoms with Crippen LogP contribution in [0.4, 0.5) is 0 Å². The van der Waals surface area contributed by atoms with Crippen LogP contribution in [0.25, 0.3) is 0 Å². The quantitative estimate of drug-likeness (QED) is 0.673. The molecular weight excluding hydrogens is 377 g/mol. The van der Waals surface area contributed by atoms with Gasteiger partial charge < -0.3 is 19.3 Å². The van der Waals surface area contributed by atoms with Gasteiger partial charge in [0.15, 0.2) is 0 Å². The number of benzene rings is 2. The van der Waals surface area contributed by atoms with Gasteiger partial charge in [0.05, 0.1) is 12.7 Å². The molecule has 2 N–H and O–H groups in total. The van der Waals surface area contributed by atoms with Gasteiger partial charge in [0.25, 0.3) is 0 Å².